The Kier molecular flexibility index (Phi) is 6.04. The number of rotatable bonds is 6. The number of methoxy groups -OCH3 is 1. The van der Waals surface area contributed by atoms with E-state index in [1.165, 1.54) is 24.0 Å². The molecule has 1 saturated heterocycles. The van der Waals surface area contributed by atoms with Gasteiger partial charge in [0.2, 0.25) is 0 Å². The minimum absolute atomic E-state index is 0.109. The number of likely N-dealkylation sites (tertiary alicyclic amines) is 1. The molecule has 2 fully saturated rings. The molecular formula is C21H21Cl2NO4S. The Hall–Kier alpha value is -1.76. The second-order valence-corrected chi connectivity index (χ2v) is 9.35. The van der Waals surface area contributed by atoms with Gasteiger partial charge in [0.15, 0.2) is 0 Å². The van der Waals surface area contributed by atoms with Crippen molar-refractivity contribution in [2.45, 2.75) is 44.2 Å². The molecule has 2 aliphatic rings. The summed E-state index contributed by atoms with van der Waals surface area (Å²) in [6.07, 6.45) is 3.69. The molecule has 2 heterocycles. The highest BCUT2D eigenvalue weighted by atomic mass is 35.5. The van der Waals surface area contributed by atoms with Crippen LogP contribution in [0, 0.1) is 0 Å². The topological polar surface area (TPSA) is 55.8 Å². The number of amides is 1. The summed E-state index contributed by atoms with van der Waals surface area (Å²) < 4.78 is 10.8. The molecule has 1 amide bonds. The van der Waals surface area contributed by atoms with E-state index in [1.54, 1.807) is 23.1 Å². The van der Waals surface area contributed by atoms with E-state index in [0.29, 0.717) is 46.2 Å². The molecule has 4 rings (SSSR count). The number of carbonyl (C=O) groups excluding carboxylic acids is 2. The van der Waals surface area contributed by atoms with Gasteiger partial charge in [0, 0.05) is 21.5 Å². The SMILES string of the molecule is COC(=O)C1CCCN1C(=O)c1cc(C2CC2)c(COc2cc(Cl)cc(Cl)c2)s1. The number of benzene rings is 1. The molecule has 1 saturated carbocycles. The number of nitrogens with zero attached hydrogens (tertiary/aromatic N) is 1. The summed E-state index contributed by atoms with van der Waals surface area (Å²) in [4.78, 5) is 28.4. The molecule has 0 N–H and O–H groups in total. The van der Waals surface area contributed by atoms with Gasteiger partial charge >= 0.3 is 5.97 Å². The zero-order valence-corrected chi connectivity index (χ0v) is 18.3. The van der Waals surface area contributed by atoms with Gasteiger partial charge in [-0.1, -0.05) is 23.2 Å². The first kappa shape index (κ1) is 20.5. The maximum atomic E-state index is 13.1. The zero-order chi connectivity index (χ0) is 20.5. The van der Waals surface area contributed by atoms with Gasteiger partial charge in [-0.15, -0.1) is 11.3 Å². The lowest BCUT2D eigenvalue weighted by Crippen LogP contribution is -2.40. The number of halogens is 2. The fraction of sp³-hybridized carbons (Fsp3) is 0.429. The number of hydrogen-bond donors (Lipinski definition) is 0. The van der Waals surface area contributed by atoms with Crippen LogP contribution >= 0.6 is 34.5 Å². The van der Waals surface area contributed by atoms with Crippen molar-refractivity contribution < 1.29 is 19.1 Å². The Bertz CT molecular complexity index is 921. The molecule has 1 aliphatic carbocycles. The van der Waals surface area contributed by atoms with Crippen molar-refractivity contribution >= 4 is 46.4 Å². The van der Waals surface area contributed by atoms with Crippen LogP contribution in [0.1, 0.15) is 51.7 Å². The van der Waals surface area contributed by atoms with Crippen molar-refractivity contribution in [3.05, 3.63) is 49.6 Å². The molecule has 2 aromatic rings. The highest BCUT2D eigenvalue weighted by molar-refractivity contribution is 7.14. The van der Waals surface area contributed by atoms with E-state index in [9.17, 15) is 9.59 Å². The van der Waals surface area contributed by atoms with Crippen LogP contribution in [0.3, 0.4) is 0 Å². The zero-order valence-electron chi connectivity index (χ0n) is 16.0. The Morgan fingerprint density at radius 3 is 2.52 bits per heavy atom. The first-order valence-electron chi connectivity index (χ1n) is 9.56. The van der Waals surface area contributed by atoms with Gasteiger partial charge in [-0.25, -0.2) is 4.79 Å². The summed E-state index contributed by atoms with van der Waals surface area (Å²) in [5.74, 6) is 0.609. The highest BCUT2D eigenvalue weighted by Crippen LogP contribution is 2.45. The van der Waals surface area contributed by atoms with Crippen LogP contribution in [0.2, 0.25) is 10.0 Å². The van der Waals surface area contributed by atoms with Crippen LogP contribution in [-0.4, -0.2) is 36.5 Å². The second kappa shape index (κ2) is 8.54. The molecule has 154 valence electrons. The van der Waals surface area contributed by atoms with Crippen LogP contribution in [0.5, 0.6) is 5.75 Å². The fourth-order valence-electron chi connectivity index (χ4n) is 3.69. The summed E-state index contributed by atoms with van der Waals surface area (Å²) in [5.41, 5.74) is 1.17. The molecule has 0 radical (unpaired) electrons. The molecular weight excluding hydrogens is 433 g/mol. The normalized spacial score (nSPS) is 18.7. The lowest BCUT2D eigenvalue weighted by Gasteiger charge is -2.21. The van der Waals surface area contributed by atoms with Gasteiger partial charge in [0.1, 0.15) is 18.4 Å². The number of carbonyl (C=O) groups is 2. The lowest BCUT2D eigenvalue weighted by molar-refractivity contribution is -0.145. The van der Waals surface area contributed by atoms with Crippen LogP contribution in [-0.2, 0) is 16.1 Å². The molecule has 8 heteroatoms. The number of hydrogen-bond acceptors (Lipinski definition) is 5. The third-order valence-electron chi connectivity index (χ3n) is 5.26. The predicted octanol–water partition coefficient (Wildman–Crippen LogP) is 5.29. The van der Waals surface area contributed by atoms with Gasteiger partial charge in [-0.2, -0.15) is 0 Å². The van der Waals surface area contributed by atoms with E-state index < -0.39 is 6.04 Å². The van der Waals surface area contributed by atoms with Gasteiger partial charge in [-0.05, 0) is 61.4 Å². The van der Waals surface area contributed by atoms with Gasteiger partial charge in [-0.3, -0.25) is 4.79 Å². The van der Waals surface area contributed by atoms with E-state index in [1.807, 2.05) is 6.07 Å². The standard InChI is InChI=1S/C21H21Cl2NO4S/c1-27-21(26)17-3-2-6-24(17)20(25)18-10-16(12-4-5-12)19(29-18)11-28-15-8-13(22)7-14(23)9-15/h7-10,12,17H,2-6,11H2,1H3. The summed E-state index contributed by atoms with van der Waals surface area (Å²) >= 11 is 13.5. The molecule has 1 aromatic carbocycles. The molecule has 0 spiro atoms. The van der Waals surface area contributed by atoms with Crippen LogP contribution in [0.15, 0.2) is 24.3 Å². The average molecular weight is 454 g/mol. The van der Waals surface area contributed by atoms with E-state index in [4.69, 9.17) is 32.7 Å². The predicted molar refractivity (Wildman–Crippen MR) is 113 cm³/mol. The Morgan fingerprint density at radius 1 is 1.14 bits per heavy atom. The summed E-state index contributed by atoms with van der Waals surface area (Å²) in [6.45, 7) is 0.920. The first-order chi connectivity index (χ1) is 14.0. The molecule has 1 unspecified atom stereocenters. The summed E-state index contributed by atoms with van der Waals surface area (Å²) in [5, 5.41) is 1.03. The van der Waals surface area contributed by atoms with E-state index in [-0.39, 0.29) is 11.9 Å². The van der Waals surface area contributed by atoms with Crippen molar-refractivity contribution in [3.63, 3.8) is 0 Å². The molecule has 0 bridgehead atoms. The minimum Gasteiger partial charge on any atom is -0.488 e. The van der Waals surface area contributed by atoms with Crippen LogP contribution in [0.25, 0.3) is 0 Å². The van der Waals surface area contributed by atoms with Crippen LogP contribution < -0.4 is 4.74 Å². The largest absolute Gasteiger partial charge is 0.488 e. The molecule has 1 aromatic heterocycles. The van der Waals surface area contributed by atoms with Crippen LogP contribution in [0.4, 0.5) is 0 Å². The van der Waals surface area contributed by atoms with Gasteiger partial charge in [0.25, 0.3) is 5.91 Å². The number of thiophene rings is 1. The number of esters is 1. The third-order valence-corrected chi connectivity index (χ3v) is 6.81. The maximum Gasteiger partial charge on any atom is 0.328 e. The third kappa shape index (κ3) is 4.55. The van der Waals surface area contributed by atoms with Crippen molar-refractivity contribution in [2.24, 2.45) is 0 Å². The summed E-state index contributed by atoms with van der Waals surface area (Å²) in [7, 11) is 1.36. The van der Waals surface area contributed by atoms with Crippen molar-refractivity contribution in [2.75, 3.05) is 13.7 Å². The fourth-order valence-corrected chi connectivity index (χ4v) is 5.32. The second-order valence-electron chi connectivity index (χ2n) is 7.34. The maximum absolute atomic E-state index is 13.1. The molecule has 1 aliphatic heterocycles. The number of ether oxygens (including phenoxy) is 2. The minimum atomic E-state index is -0.493. The van der Waals surface area contributed by atoms with Gasteiger partial charge < -0.3 is 14.4 Å². The monoisotopic (exact) mass is 453 g/mol. The average Bonchev–Trinajstić information content (AvgIpc) is 3.26. The van der Waals surface area contributed by atoms with Crippen molar-refractivity contribution in [1.29, 1.82) is 0 Å². The Balaban J connectivity index is 1.53. The van der Waals surface area contributed by atoms with Gasteiger partial charge in [0.05, 0.1) is 12.0 Å². The smallest absolute Gasteiger partial charge is 0.328 e. The summed E-state index contributed by atoms with van der Waals surface area (Å²) in [6, 6.07) is 6.57. The van der Waals surface area contributed by atoms with Crippen molar-refractivity contribution in [1.82, 2.24) is 4.90 Å². The van der Waals surface area contributed by atoms with E-state index in [0.717, 1.165) is 24.1 Å². The lowest BCUT2D eigenvalue weighted by atomic mass is 10.1. The highest BCUT2D eigenvalue weighted by Gasteiger charge is 2.37. The quantitative estimate of drug-likeness (QED) is 0.557. The van der Waals surface area contributed by atoms with E-state index >= 15 is 0 Å². The Morgan fingerprint density at radius 2 is 1.86 bits per heavy atom. The first-order valence-corrected chi connectivity index (χ1v) is 11.1. The van der Waals surface area contributed by atoms with E-state index in [2.05, 4.69) is 0 Å². The molecule has 1 atom stereocenters. The van der Waals surface area contributed by atoms with Crippen molar-refractivity contribution in [3.8, 4) is 5.75 Å². The molecule has 29 heavy (non-hydrogen) atoms. The Labute approximate surface area is 183 Å². The molecule has 5 nitrogen and oxygen atoms in total.